The van der Waals surface area contributed by atoms with Crippen molar-refractivity contribution >= 4 is 23.3 Å². The van der Waals surface area contributed by atoms with Crippen molar-refractivity contribution in [2.24, 2.45) is 0 Å². The summed E-state index contributed by atoms with van der Waals surface area (Å²) in [4.78, 5) is 12.8. The summed E-state index contributed by atoms with van der Waals surface area (Å²) in [7, 11) is 0. The fraction of sp³-hybridized carbons (Fsp3) is 0.125. The molecule has 0 fully saturated rings. The number of anilines is 1. The number of aryl methyl sites for hydroxylation is 1. The van der Waals surface area contributed by atoms with Gasteiger partial charge in [-0.25, -0.2) is 4.79 Å². The Morgan fingerprint density at radius 1 is 0.968 bits per heavy atom. The summed E-state index contributed by atoms with van der Waals surface area (Å²) in [5.74, 6) is 0.660. The number of nitrogens with zero attached hydrogens (tertiary/aromatic N) is 2. The predicted molar refractivity (Wildman–Crippen MR) is 121 cm³/mol. The van der Waals surface area contributed by atoms with Gasteiger partial charge in [0, 0.05) is 16.3 Å². The van der Waals surface area contributed by atoms with Crippen LogP contribution in [-0.2, 0) is 6.42 Å². The summed E-state index contributed by atoms with van der Waals surface area (Å²) in [6.45, 7) is 2.04. The Balaban J connectivity index is 1.61. The summed E-state index contributed by atoms with van der Waals surface area (Å²) in [5.41, 5.74) is 3.38. The molecule has 1 aromatic heterocycles. The highest BCUT2D eigenvalue weighted by atomic mass is 35.5. The highest BCUT2D eigenvalue weighted by molar-refractivity contribution is 6.30. The summed E-state index contributed by atoms with van der Waals surface area (Å²) >= 11 is 6.04. The van der Waals surface area contributed by atoms with Crippen LogP contribution in [-0.4, -0.2) is 16.2 Å². The maximum Gasteiger partial charge on any atom is 0.320 e. The van der Waals surface area contributed by atoms with Gasteiger partial charge in [-0.2, -0.15) is 0 Å². The lowest BCUT2D eigenvalue weighted by Crippen LogP contribution is -2.33. The van der Waals surface area contributed by atoms with E-state index < -0.39 is 6.04 Å². The number of aromatic nitrogens is 2. The van der Waals surface area contributed by atoms with E-state index in [1.165, 1.54) is 0 Å². The largest absolute Gasteiger partial charge is 0.418 e. The van der Waals surface area contributed by atoms with Gasteiger partial charge in [-0.15, -0.1) is 10.2 Å². The van der Waals surface area contributed by atoms with Crippen LogP contribution < -0.4 is 10.6 Å². The van der Waals surface area contributed by atoms with Crippen molar-refractivity contribution in [2.75, 3.05) is 5.32 Å². The number of para-hydroxylation sites is 1. The van der Waals surface area contributed by atoms with E-state index in [1.807, 2.05) is 73.7 Å². The molecule has 1 atom stereocenters. The molecule has 0 saturated heterocycles. The molecule has 0 radical (unpaired) electrons. The van der Waals surface area contributed by atoms with Crippen LogP contribution >= 0.6 is 11.6 Å². The molecule has 2 N–H and O–H groups in total. The summed E-state index contributed by atoms with van der Waals surface area (Å²) < 4.78 is 5.91. The topological polar surface area (TPSA) is 80.0 Å². The molecule has 156 valence electrons. The zero-order chi connectivity index (χ0) is 21.6. The van der Waals surface area contributed by atoms with Gasteiger partial charge in [-0.1, -0.05) is 67.1 Å². The first-order valence-corrected chi connectivity index (χ1v) is 10.3. The molecular formula is C24H21ClN4O2. The maximum absolute atomic E-state index is 12.8. The van der Waals surface area contributed by atoms with Crippen molar-refractivity contribution in [2.45, 2.75) is 19.4 Å². The average Bonchev–Trinajstić information content (AvgIpc) is 3.29. The Bertz CT molecular complexity index is 1160. The molecule has 2 amide bonds. The average molecular weight is 433 g/mol. The number of amides is 2. The van der Waals surface area contributed by atoms with Gasteiger partial charge in [0.25, 0.3) is 0 Å². The van der Waals surface area contributed by atoms with Crippen LogP contribution in [0.4, 0.5) is 10.5 Å². The van der Waals surface area contributed by atoms with E-state index in [1.54, 1.807) is 12.1 Å². The molecule has 4 rings (SSSR count). The first-order valence-electron chi connectivity index (χ1n) is 9.93. The van der Waals surface area contributed by atoms with E-state index in [4.69, 9.17) is 16.0 Å². The number of rotatable bonds is 6. The summed E-state index contributed by atoms with van der Waals surface area (Å²) in [5, 5.41) is 14.8. The highest BCUT2D eigenvalue weighted by Gasteiger charge is 2.24. The Labute approximate surface area is 185 Å². The van der Waals surface area contributed by atoms with Gasteiger partial charge < -0.3 is 15.1 Å². The molecule has 31 heavy (non-hydrogen) atoms. The molecule has 0 bridgehead atoms. The minimum Gasteiger partial charge on any atom is -0.418 e. The first-order chi connectivity index (χ1) is 15.1. The fourth-order valence-electron chi connectivity index (χ4n) is 3.23. The number of benzene rings is 3. The Morgan fingerprint density at radius 2 is 1.68 bits per heavy atom. The molecule has 0 aliphatic rings. The molecule has 7 heteroatoms. The molecule has 6 nitrogen and oxygen atoms in total. The van der Waals surface area contributed by atoms with Gasteiger partial charge >= 0.3 is 6.03 Å². The minimum atomic E-state index is -0.643. The molecule has 4 aromatic rings. The lowest BCUT2D eigenvalue weighted by molar-refractivity contribution is 0.248. The van der Waals surface area contributed by atoms with Gasteiger partial charge in [0.1, 0.15) is 6.04 Å². The first kappa shape index (κ1) is 20.6. The van der Waals surface area contributed by atoms with Gasteiger partial charge in [0.2, 0.25) is 11.8 Å². The van der Waals surface area contributed by atoms with Gasteiger partial charge in [-0.05, 0) is 47.9 Å². The number of urea groups is 1. The van der Waals surface area contributed by atoms with Crippen LogP contribution in [0.3, 0.4) is 0 Å². The fourth-order valence-corrected chi connectivity index (χ4v) is 3.36. The van der Waals surface area contributed by atoms with Crippen LogP contribution in [0, 0.1) is 0 Å². The van der Waals surface area contributed by atoms with E-state index in [9.17, 15) is 4.79 Å². The Hall–Kier alpha value is -3.64. The number of halogens is 1. The van der Waals surface area contributed by atoms with Crippen LogP contribution in [0.2, 0.25) is 5.02 Å². The number of carbonyl (C=O) groups excluding carboxylic acids is 1. The normalized spacial score (nSPS) is 11.7. The third kappa shape index (κ3) is 4.92. The SMILES string of the molecule is CCc1ccccc1NC(=O)N[C@H](c1ccc(Cl)cc1)c1nnc(-c2ccccc2)o1. The summed E-state index contributed by atoms with van der Waals surface area (Å²) in [6, 6.07) is 23.3. The highest BCUT2D eigenvalue weighted by Crippen LogP contribution is 2.26. The Morgan fingerprint density at radius 3 is 2.42 bits per heavy atom. The van der Waals surface area contributed by atoms with Gasteiger partial charge in [0.15, 0.2) is 0 Å². The van der Waals surface area contributed by atoms with Gasteiger partial charge in [-0.3, -0.25) is 0 Å². The van der Waals surface area contributed by atoms with E-state index in [0.717, 1.165) is 28.8 Å². The van der Waals surface area contributed by atoms with E-state index in [0.29, 0.717) is 10.9 Å². The lowest BCUT2D eigenvalue weighted by atomic mass is 10.1. The van der Waals surface area contributed by atoms with E-state index >= 15 is 0 Å². The molecule has 0 aliphatic carbocycles. The van der Waals surface area contributed by atoms with Crippen molar-refractivity contribution in [1.82, 2.24) is 15.5 Å². The second kappa shape index (κ2) is 9.45. The zero-order valence-electron chi connectivity index (χ0n) is 16.9. The second-order valence-electron chi connectivity index (χ2n) is 6.91. The van der Waals surface area contributed by atoms with Crippen LogP contribution in [0.5, 0.6) is 0 Å². The van der Waals surface area contributed by atoms with Crippen LogP contribution in [0.25, 0.3) is 11.5 Å². The molecular weight excluding hydrogens is 412 g/mol. The lowest BCUT2D eigenvalue weighted by Gasteiger charge is -2.17. The molecule has 1 heterocycles. The van der Waals surface area contributed by atoms with Crippen molar-refractivity contribution in [3.05, 3.63) is 101 Å². The molecule has 0 aliphatic heterocycles. The van der Waals surface area contributed by atoms with Crippen molar-refractivity contribution in [1.29, 1.82) is 0 Å². The maximum atomic E-state index is 12.8. The van der Waals surface area contributed by atoms with Crippen molar-refractivity contribution in [3.8, 4) is 11.5 Å². The smallest absolute Gasteiger partial charge is 0.320 e. The van der Waals surface area contributed by atoms with Gasteiger partial charge in [0.05, 0.1) is 0 Å². The quantitative estimate of drug-likeness (QED) is 0.399. The number of carbonyl (C=O) groups is 1. The molecule has 0 spiro atoms. The van der Waals surface area contributed by atoms with Crippen molar-refractivity contribution in [3.63, 3.8) is 0 Å². The van der Waals surface area contributed by atoms with Crippen LogP contribution in [0.1, 0.15) is 30.0 Å². The molecule has 0 saturated carbocycles. The number of hydrogen-bond acceptors (Lipinski definition) is 4. The van der Waals surface area contributed by atoms with Crippen molar-refractivity contribution < 1.29 is 9.21 Å². The Kier molecular flexibility index (Phi) is 6.29. The minimum absolute atomic E-state index is 0.278. The third-order valence-electron chi connectivity index (χ3n) is 4.83. The predicted octanol–water partition coefficient (Wildman–Crippen LogP) is 5.86. The third-order valence-corrected chi connectivity index (χ3v) is 5.09. The monoisotopic (exact) mass is 432 g/mol. The van der Waals surface area contributed by atoms with Crippen LogP contribution in [0.15, 0.2) is 83.3 Å². The number of hydrogen-bond donors (Lipinski definition) is 2. The number of nitrogens with one attached hydrogen (secondary N) is 2. The van der Waals surface area contributed by atoms with E-state index in [-0.39, 0.29) is 11.9 Å². The zero-order valence-corrected chi connectivity index (χ0v) is 17.6. The molecule has 0 unspecified atom stereocenters. The second-order valence-corrected chi connectivity index (χ2v) is 7.34. The molecule has 3 aromatic carbocycles. The standard InChI is InChI=1S/C24H21ClN4O2/c1-2-16-8-6-7-11-20(16)26-24(30)27-21(17-12-14-19(25)15-13-17)23-29-28-22(31-23)18-9-4-3-5-10-18/h3-15,21H,2H2,1H3,(H2,26,27,30)/t21-/m1/s1. The summed E-state index contributed by atoms with van der Waals surface area (Å²) in [6.07, 6.45) is 0.807. The van der Waals surface area contributed by atoms with E-state index in [2.05, 4.69) is 20.8 Å².